The molecule has 2 aliphatic rings. The van der Waals surface area contributed by atoms with Gasteiger partial charge < -0.3 is 0 Å². The van der Waals surface area contributed by atoms with Gasteiger partial charge in [0, 0.05) is 0 Å². The Morgan fingerprint density at radius 2 is 1.38 bits per heavy atom. The molecule has 0 radical (unpaired) electrons. The van der Waals surface area contributed by atoms with E-state index in [1.54, 1.807) is 0 Å². The first-order valence-corrected chi connectivity index (χ1v) is 11.1. The minimum Gasteiger partial charge on any atom is -0.198 e. The van der Waals surface area contributed by atoms with Crippen LogP contribution in [0.5, 0.6) is 0 Å². The summed E-state index contributed by atoms with van der Waals surface area (Å²) >= 11 is 0. The first kappa shape index (κ1) is 19.8. The molecule has 0 bridgehead atoms. The Balaban J connectivity index is 1.71. The molecule has 0 unspecified atom stereocenters. The summed E-state index contributed by atoms with van der Waals surface area (Å²) in [6.45, 7) is 4.59. The fourth-order valence-corrected chi connectivity index (χ4v) is 5.54. The van der Waals surface area contributed by atoms with Gasteiger partial charge in [-0.2, -0.15) is 5.26 Å². The Kier molecular flexibility index (Phi) is 8.65. The maximum atomic E-state index is 9.95. The molecule has 0 spiro atoms. The lowest BCUT2D eigenvalue weighted by Crippen LogP contribution is -2.36. The highest BCUT2D eigenvalue weighted by molar-refractivity contribution is 5.06. The number of hydrogen-bond donors (Lipinski definition) is 0. The van der Waals surface area contributed by atoms with Crippen molar-refractivity contribution in [3.05, 3.63) is 0 Å². The number of hydrogen-bond acceptors (Lipinski definition) is 1. The SMILES string of the molecule is CCCCCCCC1CCC([C@]2(C#N)CC[C@@H](CCC)CC2)CC1. The zero-order chi connectivity index (χ0) is 17.3. The zero-order valence-electron chi connectivity index (χ0n) is 16.5. The van der Waals surface area contributed by atoms with E-state index in [0.29, 0.717) is 5.92 Å². The van der Waals surface area contributed by atoms with E-state index in [1.807, 2.05) is 0 Å². The highest BCUT2D eigenvalue weighted by Gasteiger charge is 2.43. The van der Waals surface area contributed by atoms with Crippen molar-refractivity contribution in [1.82, 2.24) is 0 Å². The molecule has 2 saturated carbocycles. The van der Waals surface area contributed by atoms with E-state index in [-0.39, 0.29) is 5.41 Å². The average Bonchev–Trinajstić information content (AvgIpc) is 2.63. The van der Waals surface area contributed by atoms with E-state index in [0.717, 1.165) is 11.8 Å². The Bertz CT molecular complexity index is 364. The molecule has 1 heteroatoms. The van der Waals surface area contributed by atoms with Crippen molar-refractivity contribution >= 4 is 0 Å². The molecule has 2 rings (SSSR count). The second-order valence-corrected chi connectivity index (χ2v) is 8.92. The van der Waals surface area contributed by atoms with Gasteiger partial charge in [0.2, 0.25) is 0 Å². The van der Waals surface area contributed by atoms with Crippen molar-refractivity contribution in [3.8, 4) is 6.07 Å². The van der Waals surface area contributed by atoms with Crippen molar-refractivity contribution in [2.75, 3.05) is 0 Å². The van der Waals surface area contributed by atoms with Crippen molar-refractivity contribution in [2.45, 2.75) is 117 Å². The Labute approximate surface area is 151 Å². The lowest BCUT2D eigenvalue weighted by molar-refractivity contribution is 0.0846. The summed E-state index contributed by atoms with van der Waals surface area (Å²) in [5.74, 6) is 2.59. The van der Waals surface area contributed by atoms with Crippen LogP contribution in [-0.2, 0) is 0 Å². The number of rotatable bonds is 9. The second-order valence-electron chi connectivity index (χ2n) is 8.92. The van der Waals surface area contributed by atoms with Crippen LogP contribution in [-0.4, -0.2) is 0 Å². The van der Waals surface area contributed by atoms with Gasteiger partial charge in [0.1, 0.15) is 0 Å². The zero-order valence-corrected chi connectivity index (χ0v) is 16.5. The minimum absolute atomic E-state index is 0.0519. The van der Waals surface area contributed by atoms with Crippen molar-refractivity contribution in [1.29, 1.82) is 5.26 Å². The molecule has 0 aromatic carbocycles. The van der Waals surface area contributed by atoms with Gasteiger partial charge in [-0.1, -0.05) is 78.1 Å². The number of unbranched alkanes of at least 4 members (excludes halogenated alkanes) is 4. The van der Waals surface area contributed by atoms with Gasteiger partial charge in [0.25, 0.3) is 0 Å². The average molecular weight is 332 g/mol. The van der Waals surface area contributed by atoms with E-state index < -0.39 is 0 Å². The molecule has 0 atom stereocenters. The van der Waals surface area contributed by atoms with Gasteiger partial charge >= 0.3 is 0 Å². The van der Waals surface area contributed by atoms with Crippen molar-refractivity contribution < 1.29 is 0 Å². The first-order valence-electron chi connectivity index (χ1n) is 11.1. The monoisotopic (exact) mass is 331 g/mol. The summed E-state index contributed by atoms with van der Waals surface area (Å²) in [5, 5.41) is 9.95. The van der Waals surface area contributed by atoms with Crippen LogP contribution in [0, 0.1) is 34.5 Å². The third-order valence-electron chi connectivity index (χ3n) is 7.26. The van der Waals surface area contributed by atoms with Gasteiger partial charge in [-0.15, -0.1) is 0 Å². The van der Waals surface area contributed by atoms with Gasteiger partial charge in [-0.3, -0.25) is 0 Å². The smallest absolute Gasteiger partial charge is 0.0692 e. The predicted octanol–water partition coefficient (Wildman–Crippen LogP) is 7.65. The molecule has 0 aromatic rings. The molecule has 2 fully saturated rings. The van der Waals surface area contributed by atoms with E-state index in [1.165, 1.54) is 103 Å². The largest absolute Gasteiger partial charge is 0.198 e. The van der Waals surface area contributed by atoms with Crippen LogP contribution in [0.3, 0.4) is 0 Å². The van der Waals surface area contributed by atoms with Gasteiger partial charge in [-0.25, -0.2) is 0 Å². The van der Waals surface area contributed by atoms with Gasteiger partial charge in [0.05, 0.1) is 11.5 Å². The third-order valence-corrected chi connectivity index (χ3v) is 7.26. The third kappa shape index (κ3) is 5.50. The van der Waals surface area contributed by atoms with Crippen LogP contribution in [0.1, 0.15) is 117 Å². The summed E-state index contributed by atoms with van der Waals surface area (Å²) in [4.78, 5) is 0. The van der Waals surface area contributed by atoms with E-state index in [4.69, 9.17) is 0 Å². The molecule has 0 saturated heterocycles. The summed E-state index contributed by atoms with van der Waals surface area (Å²) in [6, 6.07) is 2.83. The Hall–Kier alpha value is -0.510. The van der Waals surface area contributed by atoms with Crippen LogP contribution in [0.2, 0.25) is 0 Å². The van der Waals surface area contributed by atoms with Crippen LogP contribution in [0.15, 0.2) is 0 Å². The maximum absolute atomic E-state index is 9.95. The van der Waals surface area contributed by atoms with E-state index >= 15 is 0 Å². The molecular formula is C23H41N. The molecule has 1 nitrogen and oxygen atoms in total. The summed E-state index contributed by atoms with van der Waals surface area (Å²) in [7, 11) is 0. The summed E-state index contributed by atoms with van der Waals surface area (Å²) in [5.41, 5.74) is 0.0519. The summed E-state index contributed by atoms with van der Waals surface area (Å²) in [6.07, 6.45) is 21.7. The second kappa shape index (κ2) is 10.5. The lowest BCUT2D eigenvalue weighted by atomic mass is 9.59. The fourth-order valence-electron chi connectivity index (χ4n) is 5.54. The molecule has 24 heavy (non-hydrogen) atoms. The fraction of sp³-hybridized carbons (Fsp3) is 0.957. The Morgan fingerprint density at radius 3 is 1.96 bits per heavy atom. The highest BCUT2D eigenvalue weighted by atomic mass is 14.5. The molecule has 0 aliphatic heterocycles. The summed E-state index contributed by atoms with van der Waals surface area (Å²) < 4.78 is 0. The lowest BCUT2D eigenvalue weighted by Gasteiger charge is -2.43. The van der Waals surface area contributed by atoms with Crippen LogP contribution < -0.4 is 0 Å². The Morgan fingerprint density at radius 1 is 0.750 bits per heavy atom. The molecule has 0 N–H and O–H groups in total. The van der Waals surface area contributed by atoms with Gasteiger partial charge in [-0.05, 0) is 56.3 Å². The highest BCUT2D eigenvalue weighted by Crippen LogP contribution is 2.50. The minimum atomic E-state index is 0.0519. The quantitative estimate of drug-likeness (QED) is 0.398. The molecule has 0 amide bonds. The van der Waals surface area contributed by atoms with Crippen LogP contribution >= 0.6 is 0 Å². The topological polar surface area (TPSA) is 23.8 Å². The van der Waals surface area contributed by atoms with Gasteiger partial charge in [0.15, 0.2) is 0 Å². The maximum Gasteiger partial charge on any atom is 0.0692 e. The molecular weight excluding hydrogens is 290 g/mol. The number of nitriles is 1. The molecule has 0 aromatic heterocycles. The van der Waals surface area contributed by atoms with Crippen LogP contribution in [0.25, 0.3) is 0 Å². The molecule has 2 aliphatic carbocycles. The normalized spacial score (nSPS) is 34.0. The van der Waals surface area contributed by atoms with E-state index in [2.05, 4.69) is 19.9 Å². The predicted molar refractivity (Wildman–Crippen MR) is 104 cm³/mol. The van der Waals surface area contributed by atoms with Crippen LogP contribution in [0.4, 0.5) is 0 Å². The number of nitrogens with zero attached hydrogens (tertiary/aromatic N) is 1. The first-order chi connectivity index (χ1) is 11.7. The van der Waals surface area contributed by atoms with Crippen molar-refractivity contribution in [2.24, 2.45) is 23.2 Å². The standard InChI is InChI=1S/C23H41N/c1-3-5-6-7-8-10-21-11-13-22(14-12-21)23(19-24)17-15-20(9-4-2)16-18-23/h20-22H,3-18H2,1-2H3/t20-,21?,22?,23-. The van der Waals surface area contributed by atoms with E-state index in [9.17, 15) is 5.26 Å². The van der Waals surface area contributed by atoms with Crippen molar-refractivity contribution in [3.63, 3.8) is 0 Å². The molecule has 0 heterocycles. The molecule has 138 valence electrons.